The molecule has 0 bridgehead atoms. The second kappa shape index (κ2) is 9.21. The van der Waals surface area contributed by atoms with Crippen LogP contribution < -0.4 is 4.31 Å². The van der Waals surface area contributed by atoms with Crippen LogP contribution in [0.1, 0.15) is 48.8 Å². The lowest BCUT2D eigenvalue weighted by atomic mass is 9.94. The molecule has 2 aromatic rings. The minimum atomic E-state index is -3.88. The van der Waals surface area contributed by atoms with E-state index in [0.29, 0.717) is 5.69 Å². The van der Waals surface area contributed by atoms with Gasteiger partial charge >= 0.3 is 0 Å². The normalized spacial score (nSPS) is 15.1. The van der Waals surface area contributed by atoms with Crippen molar-refractivity contribution in [2.45, 2.75) is 63.8 Å². The lowest BCUT2D eigenvalue weighted by molar-refractivity contribution is -0.130. The number of aryl methyl sites for hydroxylation is 3. The predicted octanol–water partition coefficient (Wildman–Crippen LogP) is 4.60. The minimum absolute atomic E-state index is 0.170. The van der Waals surface area contributed by atoms with Gasteiger partial charge in [-0.2, -0.15) is 0 Å². The van der Waals surface area contributed by atoms with Gasteiger partial charge in [0, 0.05) is 13.1 Å². The average Bonchev–Trinajstić information content (AvgIpc) is 2.71. The zero-order chi connectivity index (χ0) is 21.9. The van der Waals surface area contributed by atoms with Gasteiger partial charge in [-0.3, -0.25) is 9.10 Å². The maximum atomic E-state index is 13.6. The van der Waals surface area contributed by atoms with Crippen molar-refractivity contribution in [1.29, 1.82) is 0 Å². The Balaban J connectivity index is 1.97. The van der Waals surface area contributed by atoms with Gasteiger partial charge in [0.1, 0.15) is 6.54 Å². The van der Waals surface area contributed by atoms with Gasteiger partial charge in [0.05, 0.1) is 10.6 Å². The third-order valence-corrected chi connectivity index (χ3v) is 7.69. The number of sulfonamides is 1. The third-order valence-electron chi connectivity index (χ3n) is 5.90. The SMILES string of the molecule is Cc1ccc(S(=O)(=O)N(CC(=O)N(C)C2CCCCC2)c2cc(C)cc(C)c2)cc1. The van der Waals surface area contributed by atoms with Crippen LogP contribution in [-0.2, 0) is 14.8 Å². The standard InChI is InChI=1S/C24H32N2O3S/c1-18-10-12-23(13-11-18)30(28,29)26(22-15-19(2)14-20(3)16-22)17-24(27)25(4)21-8-6-5-7-9-21/h10-16,21H,5-9,17H2,1-4H3. The topological polar surface area (TPSA) is 57.7 Å². The molecular weight excluding hydrogens is 396 g/mol. The Morgan fingerprint density at radius 2 is 1.47 bits per heavy atom. The number of benzene rings is 2. The molecule has 3 rings (SSSR count). The van der Waals surface area contributed by atoms with Crippen LogP contribution in [0.2, 0.25) is 0 Å². The fraction of sp³-hybridized carbons (Fsp3) is 0.458. The van der Waals surface area contributed by atoms with Crippen molar-refractivity contribution in [2.75, 3.05) is 17.9 Å². The summed E-state index contributed by atoms with van der Waals surface area (Å²) < 4.78 is 28.4. The highest BCUT2D eigenvalue weighted by Gasteiger charge is 2.30. The molecule has 0 radical (unpaired) electrons. The van der Waals surface area contributed by atoms with Crippen LogP contribution in [0.25, 0.3) is 0 Å². The van der Waals surface area contributed by atoms with Crippen LogP contribution in [0.15, 0.2) is 47.4 Å². The van der Waals surface area contributed by atoms with Gasteiger partial charge in [-0.25, -0.2) is 8.42 Å². The summed E-state index contributed by atoms with van der Waals surface area (Å²) in [6.45, 7) is 5.58. The van der Waals surface area contributed by atoms with Gasteiger partial charge in [-0.15, -0.1) is 0 Å². The Bertz CT molecular complexity index is 973. The monoisotopic (exact) mass is 428 g/mol. The first-order valence-electron chi connectivity index (χ1n) is 10.6. The average molecular weight is 429 g/mol. The molecule has 0 N–H and O–H groups in total. The molecule has 1 aliphatic carbocycles. The smallest absolute Gasteiger partial charge is 0.264 e. The molecule has 5 nitrogen and oxygen atoms in total. The first-order chi connectivity index (χ1) is 14.2. The maximum Gasteiger partial charge on any atom is 0.264 e. The van der Waals surface area contributed by atoms with Crippen molar-refractivity contribution in [3.8, 4) is 0 Å². The molecular formula is C24H32N2O3S. The number of anilines is 1. The summed E-state index contributed by atoms with van der Waals surface area (Å²) in [5.74, 6) is -0.170. The Hall–Kier alpha value is -2.34. The van der Waals surface area contributed by atoms with E-state index in [1.165, 1.54) is 10.7 Å². The van der Waals surface area contributed by atoms with Crippen LogP contribution in [0.4, 0.5) is 5.69 Å². The number of nitrogens with zero attached hydrogens (tertiary/aromatic N) is 2. The molecule has 0 unspecified atom stereocenters. The van der Waals surface area contributed by atoms with Gasteiger partial charge in [0.25, 0.3) is 10.0 Å². The third kappa shape index (κ3) is 5.04. The van der Waals surface area contributed by atoms with E-state index in [4.69, 9.17) is 0 Å². The van der Waals surface area contributed by atoms with E-state index in [0.717, 1.165) is 42.4 Å². The second-order valence-corrected chi connectivity index (χ2v) is 10.3. The number of carbonyl (C=O) groups is 1. The quantitative estimate of drug-likeness (QED) is 0.676. The Morgan fingerprint density at radius 1 is 0.900 bits per heavy atom. The Kier molecular flexibility index (Phi) is 6.86. The van der Waals surface area contributed by atoms with Crippen LogP contribution in [-0.4, -0.2) is 38.9 Å². The molecule has 0 atom stereocenters. The van der Waals surface area contributed by atoms with Crippen molar-refractivity contribution in [3.05, 3.63) is 59.2 Å². The molecule has 0 spiro atoms. The summed E-state index contributed by atoms with van der Waals surface area (Å²) in [5, 5.41) is 0. The first kappa shape index (κ1) is 22.3. The van der Waals surface area contributed by atoms with Crippen molar-refractivity contribution >= 4 is 21.6 Å². The van der Waals surface area contributed by atoms with E-state index in [1.807, 2.05) is 39.0 Å². The summed E-state index contributed by atoms with van der Waals surface area (Å²) in [5.41, 5.74) is 3.43. The molecule has 0 saturated heterocycles. The molecule has 0 aromatic heterocycles. The number of hydrogen-bond acceptors (Lipinski definition) is 3. The molecule has 1 saturated carbocycles. The zero-order valence-corrected chi connectivity index (χ0v) is 19.2. The van der Waals surface area contributed by atoms with Gasteiger partial charge in [0.2, 0.25) is 5.91 Å². The van der Waals surface area contributed by atoms with E-state index in [1.54, 1.807) is 36.2 Å². The number of amides is 1. The number of likely N-dealkylation sites (N-methyl/N-ethyl adjacent to an activating group) is 1. The van der Waals surface area contributed by atoms with Gasteiger partial charge in [-0.1, -0.05) is 43.0 Å². The zero-order valence-electron chi connectivity index (χ0n) is 18.4. The summed E-state index contributed by atoms with van der Waals surface area (Å²) in [6, 6.07) is 12.6. The molecule has 1 amide bonds. The first-order valence-corrected chi connectivity index (χ1v) is 12.1. The summed E-state index contributed by atoms with van der Waals surface area (Å²) >= 11 is 0. The molecule has 1 fully saturated rings. The molecule has 2 aromatic carbocycles. The van der Waals surface area contributed by atoms with Crippen LogP contribution in [0.5, 0.6) is 0 Å². The van der Waals surface area contributed by atoms with E-state index < -0.39 is 10.0 Å². The molecule has 30 heavy (non-hydrogen) atoms. The molecule has 0 aliphatic heterocycles. The lowest BCUT2D eigenvalue weighted by Crippen LogP contribution is -2.46. The largest absolute Gasteiger partial charge is 0.341 e. The second-order valence-electron chi connectivity index (χ2n) is 8.47. The predicted molar refractivity (Wildman–Crippen MR) is 121 cm³/mol. The highest BCUT2D eigenvalue weighted by atomic mass is 32.2. The highest BCUT2D eigenvalue weighted by molar-refractivity contribution is 7.92. The fourth-order valence-electron chi connectivity index (χ4n) is 4.15. The van der Waals surface area contributed by atoms with E-state index >= 15 is 0 Å². The van der Waals surface area contributed by atoms with Crippen LogP contribution in [0.3, 0.4) is 0 Å². The number of hydrogen-bond donors (Lipinski definition) is 0. The Morgan fingerprint density at radius 3 is 2.03 bits per heavy atom. The van der Waals surface area contributed by atoms with Crippen molar-refractivity contribution in [1.82, 2.24) is 4.90 Å². The van der Waals surface area contributed by atoms with Gasteiger partial charge < -0.3 is 4.90 Å². The minimum Gasteiger partial charge on any atom is -0.341 e. The molecule has 162 valence electrons. The lowest BCUT2D eigenvalue weighted by Gasteiger charge is -2.33. The number of carbonyl (C=O) groups excluding carboxylic acids is 1. The van der Waals surface area contributed by atoms with Crippen molar-refractivity contribution in [2.24, 2.45) is 0 Å². The summed E-state index contributed by atoms with van der Waals surface area (Å²) in [7, 11) is -2.08. The summed E-state index contributed by atoms with van der Waals surface area (Å²) in [4.78, 5) is 15.1. The number of rotatable bonds is 6. The highest BCUT2D eigenvalue weighted by Crippen LogP contribution is 2.27. The van der Waals surface area contributed by atoms with Crippen molar-refractivity contribution < 1.29 is 13.2 Å². The van der Waals surface area contributed by atoms with Gasteiger partial charge in [0.15, 0.2) is 0 Å². The maximum absolute atomic E-state index is 13.6. The van der Waals surface area contributed by atoms with Crippen LogP contribution in [0, 0.1) is 20.8 Å². The van der Waals surface area contributed by atoms with Crippen molar-refractivity contribution in [3.63, 3.8) is 0 Å². The summed E-state index contributed by atoms with van der Waals surface area (Å²) in [6.07, 6.45) is 5.40. The molecule has 6 heteroatoms. The van der Waals surface area contributed by atoms with E-state index in [2.05, 4.69) is 0 Å². The van der Waals surface area contributed by atoms with Crippen LogP contribution >= 0.6 is 0 Å². The molecule has 1 aliphatic rings. The van der Waals surface area contributed by atoms with Gasteiger partial charge in [-0.05, 0) is 69.0 Å². The van der Waals surface area contributed by atoms with E-state index in [9.17, 15) is 13.2 Å². The molecule has 0 heterocycles. The van der Waals surface area contributed by atoms with E-state index in [-0.39, 0.29) is 23.4 Å². The fourth-order valence-corrected chi connectivity index (χ4v) is 5.55. The Labute approximate surface area is 180 Å².